The van der Waals surface area contributed by atoms with E-state index in [2.05, 4.69) is 25.8 Å². The van der Waals surface area contributed by atoms with E-state index in [0.29, 0.717) is 30.2 Å². The molecule has 0 aliphatic rings. The summed E-state index contributed by atoms with van der Waals surface area (Å²) >= 11 is 0. The molecule has 0 spiro atoms. The maximum absolute atomic E-state index is 12.3. The Morgan fingerprint density at radius 3 is 3.00 bits per heavy atom. The zero-order valence-electron chi connectivity index (χ0n) is 14.7. The molecule has 9 heteroatoms. The van der Waals surface area contributed by atoms with Crippen LogP contribution in [0.4, 0.5) is 0 Å². The first-order valence-electron chi connectivity index (χ1n) is 8.37. The maximum Gasteiger partial charge on any atom is 0.251 e. The quantitative estimate of drug-likeness (QED) is 0.657. The summed E-state index contributed by atoms with van der Waals surface area (Å²) in [6, 6.07) is 7.18. The van der Waals surface area contributed by atoms with Crippen LogP contribution in [0.1, 0.15) is 36.1 Å². The van der Waals surface area contributed by atoms with Crippen molar-refractivity contribution in [2.45, 2.75) is 33.0 Å². The van der Waals surface area contributed by atoms with Gasteiger partial charge in [0.15, 0.2) is 5.82 Å². The molecule has 3 aromatic rings. The molecule has 0 unspecified atom stereocenters. The van der Waals surface area contributed by atoms with Crippen molar-refractivity contribution in [2.75, 3.05) is 6.54 Å². The standard InChI is InChI=1S/C17H21N7O2/c1-13(2)24-16(20-21-22-24)11-26-15-5-3-4-14(10-15)17(25)19-7-9-23-8-6-18-12-23/h3-6,8,10,12-13H,7,9,11H2,1-2H3,(H,19,25). The van der Waals surface area contributed by atoms with Gasteiger partial charge in [-0.1, -0.05) is 6.07 Å². The minimum absolute atomic E-state index is 0.149. The molecule has 0 saturated heterocycles. The van der Waals surface area contributed by atoms with Crippen molar-refractivity contribution in [1.82, 2.24) is 35.1 Å². The highest BCUT2D eigenvalue weighted by atomic mass is 16.5. The largest absolute Gasteiger partial charge is 0.486 e. The second-order valence-corrected chi connectivity index (χ2v) is 6.01. The Balaban J connectivity index is 1.55. The third-order valence-corrected chi connectivity index (χ3v) is 3.73. The Kier molecular flexibility index (Phi) is 5.57. The van der Waals surface area contributed by atoms with Crippen LogP contribution in [0.25, 0.3) is 0 Å². The van der Waals surface area contributed by atoms with E-state index in [-0.39, 0.29) is 18.6 Å². The minimum atomic E-state index is -0.150. The number of tetrazole rings is 1. The number of benzene rings is 1. The Bertz CT molecular complexity index is 842. The minimum Gasteiger partial charge on any atom is -0.486 e. The van der Waals surface area contributed by atoms with Gasteiger partial charge in [0.05, 0.1) is 12.4 Å². The molecule has 2 aromatic heterocycles. The first-order valence-corrected chi connectivity index (χ1v) is 8.37. The van der Waals surface area contributed by atoms with Gasteiger partial charge in [0.2, 0.25) is 0 Å². The zero-order chi connectivity index (χ0) is 18.4. The van der Waals surface area contributed by atoms with Crippen molar-refractivity contribution in [3.63, 3.8) is 0 Å². The van der Waals surface area contributed by atoms with Crippen LogP contribution in [0.3, 0.4) is 0 Å². The van der Waals surface area contributed by atoms with E-state index in [4.69, 9.17) is 4.74 Å². The molecular weight excluding hydrogens is 334 g/mol. The van der Waals surface area contributed by atoms with Crippen LogP contribution in [0.15, 0.2) is 43.0 Å². The van der Waals surface area contributed by atoms with Gasteiger partial charge in [0.25, 0.3) is 5.91 Å². The van der Waals surface area contributed by atoms with Gasteiger partial charge in [-0.15, -0.1) is 5.10 Å². The van der Waals surface area contributed by atoms with E-state index in [1.54, 1.807) is 41.5 Å². The third-order valence-electron chi connectivity index (χ3n) is 3.73. The Labute approximate surface area is 151 Å². The molecule has 0 aliphatic carbocycles. The van der Waals surface area contributed by atoms with E-state index in [0.717, 1.165) is 0 Å². The number of nitrogens with zero attached hydrogens (tertiary/aromatic N) is 6. The van der Waals surface area contributed by atoms with Gasteiger partial charge in [-0.25, -0.2) is 9.67 Å². The highest BCUT2D eigenvalue weighted by molar-refractivity contribution is 5.94. The average Bonchev–Trinajstić information content (AvgIpc) is 3.32. The fourth-order valence-corrected chi connectivity index (χ4v) is 2.40. The summed E-state index contributed by atoms with van der Waals surface area (Å²) in [6.07, 6.45) is 5.27. The van der Waals surface area contributed by atoms with Crippen molar-refractivity contribution in [3.05, 3.63) is 54.4 Å². The summed E-state index contributed by atoms with van der Waals surface area (Å²) in [6.45, 7) is 5.41. The molecule has 136 valence electrons. The summed E-state index contributed by atoms with van der Waals surface area (Å²) in [4.78, 5) is 16.2. The fourth-order valence-electron chi connectivity index (χ4n) is 2.40. The lowest BCUT2D eigenvalue weighted by atomic mass is 10.2. The summed E-state index contributed by atoms with van der Waals surface area (Å²) in [5.41, 5.74) is 0.539. The molecule has 0 fully saturated rings. The van der Waals surface area contributed by atoms with E-state index >= 15 is 0 Å². The first kappa shape index (κ1) is 17.6. The molecule has 0 saturated carbocycles. The van der Waals surface area contributed by atoms with Crippen molar-refractivity contribution >= 4 is 5.91 Å². The molecule has 9 nitrogen and oxygen atoms in total. The van der Waals surface area contributed by atoms with Crippen LogP contribution in [0.2, 0.25) is 0 Å². The Hall–Kier alpha value is -3.23. The Morgan fingerprint density at radius 1 is 1.35 bits per heavy atom. The van der Waals surface area contributed by atoms with Crippen molar-refractivity contribution in [3.8, 4) is 5.75 Å². The summed E-state index contributed by atoms with van der Waals surface area (Å²) in [7, 11) is 0. The van der Waals surface area contributed by atoms with Crippen LogP contribution in [0.5, 0.6) is 5.75 Å². The van der Waals surface area contributed by atoms with Crippen molar-refractivity contribution in [2.24, 2.45) is 0 Å². The lowest BCUT2D eigenvalue weighted by Gasteiger charge is -2.10. The van der Waals surface area contributed by atoms with E-state index in [1.165, 1.54) is 0 Å². The third kappa shape index (κ3) is 4.44. The summed E-state index contributed by atoms with van der Waals surface area (Å²) in [5, 5.41) is 14.4. The van der Waals surface area contributed by atoms with Crippen LogP contribution < -0.4 is 10.1 Å². The average molecular weight is 355 g/mol. The second kappa shape index (κ2) is 8.24. The lowest BCUT2D eigenvalue weighted by molar-refractivity contribution is 0.0952. The van der Waals surface area contributed by atoms with Gasteiger partial charge < -0.3 is 14.6 Å². The highest BCUT2D eigenvalue weighted by Crippen LogP contribution is 2.15. The number of ether oxygens (including phenoxy) is 1. The molecule has 1 N–H and O–H groups in total. The number of nitrogens with one attached hydrogen (secondary N) is 1. The molecule has 0 atom stereocenters. The molecule has 0 aliphatic heterocycles. The molecule has 1 amide bonds. The van der Waals surface area contributed by atoms with Crippen molar-refractivity contribution in [1.29, 1.82) is 0 Å². The van der Waals surface area contributed by atoms with Gasteiger partial charge in [-0.2, -0.15) is 0 Å². The number of carbonyl (C=O) groups excluding carboxylic acids is 1. The maximum atomic E-state index is 12.3. The number of hydrogen-bond acceptors (Lipinski definition) is 6. The normalized spacial score (nSPS) is 10.9. The van der Waals surface area contributed by atoms with Crippen molar-refractivity contribution < 1.29 is 9.53 Å². The number of amides is 1. The van der Waals surface area contributed by atoms with Crippen LogP contribution >= 0.6 is 0 Å². The van der Waals surface area contributed by atoms with Crippen LogP contribution in [0, 0.1) is 0 Å². The van der Waals surface area contributed by atoms with E-state index < -0.39 is 0 Å². The smallest absolute Gasteiger partial charge is 0.251 e. The summed E-state index contributed by atoms with van der Waals surface area (Å²) < 4.78 is 9.34. The van der Waals surface area contributed by atoms with Crippen LogP contribution in [-0.2, 0) is 13.2 Å². The van der Waals surface area contributed by atoms with Gasteiger partial charge in [-0.3, -0.25) is 4.79 Å². The molecular formula is C17H21N7O2. The topological polar surface area (TPSA) is 99.8 Å². The number of aromatic nitrogens is 6. The molecule has 0 bridgehead atoms. The molecule has 2 heterocycles. The van der Waals surface area contributed by atoms with E-state index in [9.17, 15) is 4.79 Å². The number of carbonyl (C=O) groups is 1. The second-order valence-electron chi connectivity index (χ2n) is 6.01. The first-order chi connectivity index (χ1) is 12.6. The predicted molar refractivity (Wildman–Crippen MR) is 93.5 cm³/mol. The van der Waals surface area contributed by atoms with Gasteiger partial charge in [-0.05, 0) is 42.5 Å². The molecule has 0 radical (unpaired) electrons. The van der Waals surface area contributed by atoms with Crippen LogP contribution in [-0.4, -0.2) is 42.2 Å². The van der Waals surface area contributed by atoms with E-state index in [1.807, 2.05) is 24.6 Å². The predicted octanol–water partition coefficient (Wildman–Crippen LogP) is 1.46. The molecule has 3 rings (SSSR count). The van der Waals surface area contributed by atoms with Gasteiger partial charge in [0, 0.05) is 31.0 Å². The number of hydrogen-bond donors (Lipinski definition) is 1. The fraction of sp³-hybridized carbons (Fsp3) is 0.353. The van der Waals surface area contributed by atoms with Gasteiger partial charge in [0.1, 0.15) is 12.4 Å². The summed E-state index contributed by atoms with van der Waals surface area (Å²) in [5.74, 6) is 1.07. The number of imidazole rings is 1. The monoisotopic (exact) mass is 355 g/mol. The lowest BCUT2D eigenvalue weighted by Crippen LogP contribution is -2.26. The Morgan fingerprint density at radius 2 is 2.23 bits per heavy atom. The highest BCUT2D eigenvalue weighted by Gasteiger charge is 2.11. The number of rotatable bonds is 8. The SMILES string of the molecule is CC(C)n1nnnc1COc1cccc(C(=O)NCCn2ccnc2)c1. The van der Waals surface area contributed by atoms with Gasteiger partial charge >= 0.3 is 0 Å². The molecule has 1 aromatic carbocycles. The zero-order valence-corrected chi connectivity index (χ0v) is 14.7. The molecule has 26 heavy (non-hydrogen) atoms.